The number of aliphatic hydroxyl groups is 1. The highest BCUT2D eigenvalue weighted by Crippen LogP contribution is 2.34. The van der Waals surface area contributed by atoms with Crippen molar-refractivity contribution in [3.05, 3.63) is 0 Å². The number of rotatable bonds is 3. The molecule has 1 heteroatoms. The molecule has 1 nitrogen and oxygen atoms in total. The lowest BCUT2D eigenvalue weighted by Crippen LogP contribution is -2.08. The quantitative estimate of drug-likeness (QED) is 0.666. The maximum absolute atomic E-state index is 9.10. The van der Waals surface area contributed by atoms with Crippen molar-refractivity contribution in [2.45, 2.75) is 52.1 Å². The van der Waals surface area contributed by atoms with Crippen LogP contribution in [-0.2, 0) is 0 Å². The molecule has 66 valence electrons. The van der Waals surface area contributed by atoms with Gasteiger partial charge in [-0.1, -0.05) is 26.2 Å². The van der Waals surface area contributed by atoms with Gasteiger partial charge in [0.05, 0.1) is 6.10 Å². The van der Waals surface area contributed by atoms with Gasteiger partial charge in [0, 0.05) is 0 Å². The monoisotopic (exact) mass is 156 g/mol. The molecule has 1 aliphatic carbocycles. The fourth-order valence-electron chi connectivity index (χ4n) is 2.11. The van der Waals surface area contributed by atoms with E-state index in [1.165, 1.54) is 25.7 Å². The highest BCUT2D eigenvalue weighted by Gasteiger charge is 2.22. The van der Waals surface area contributed by atoms with Crippen LogP contribution in [0, 0.1) is 11.8 Å². The summed E-state index contributed by atoms with van der Waals surface area (Å²) in [6.45, 7) is 4.24. The van der Waals surface area contributed by atoms with E-state index in [2.05, 4.69) is 6.92 Å². The highest BCUT2D eigenvalue weighted by molar-refractivity contribution is 4.74. The van der Waals surface area contributed by atoms with Crippen LogP contribution in [0.3, 0.4) is 0 Å². The smallest absolute Gasteiger partial charge is 0.0512 e. The Kier molecular flexibility index (Phi) is 3.38. The van der Waals surface area contributed by atoms with Crippen molar-refractivity contribution in [1.82, 2.24) is 0 Å². The molecule has 1 unspecified atom stereocenters. The minimum atomic E-state index is -0.0946. The zero-order chi connectivity index (χ0) is 8.27. The second kappa shape index (κ2) is 4.10. The summed E-state index contributed by atoms with van der Waals surface area (Å²) < 4.78 is 0. The summed E-state index contributed by atoms with van der Waals surface area (Å²) in [7, 11) is 0. The van der Waals surface area contributed by atoms with Gasteiger partial charge in [-0.25, -0.2) is 0 Å². The molecule has 11 heavy (non-hydrogen) atoms. The van der Waals surface area contributed by atoms with Crippen molar-refractivity contribution < 1.29 is 5.11 Å². The number of hydrogen-bond acceptors (Lipinski definition) is 1. The third-order valence-corrected chi connectivity index (χ3v) is 2.99. The van der Waals surface area contributed by atoms with Gasteiger partial charge in [0.25, 0.3) is 0 Å². The maximum atomic E-state index is 9.10. The lowest BCUT2D eigenvalue weighted by atomic mass is 9.92. The Bertz CT molecular complexity index is 109. The van der Waals surface area contributed by atoms with E-state index in [9.17, 15) is 0 Å². The van der Waals surface area contributed by atoms with Gasteiger partial charge in [-0.3, -0.25) is 0 Å². The first kappa shape index (κ1) is 9.05. The zero-order valence-electron chi connectivity index (χ0n) is 7.71. The van der Waals surface area contributed by atoms with Gasteiger partial charge < -0.3 is 5.11 Å². The molecule has 0 spiro atoms. The topological polar surface area (TPSA) is 20.2 Å². The van der Waals surface area contributed by atoms with Crippen molar-refractivity contribution in [3.63, 3.8) is 0 Å². The highest BCUT2D eigenvalue weighted by atomic mass is 16.3. The number of aliphatic hydroxyl groups excluding tert-OH is 1. The van der Waals surface area contributed by atoms with Gasteiger partial charge in [-0.15, -0.1) is 0 Å². The molecule has 1 saturated carbocycles. The van der Waals surface area contributed by atoms with Crippen LogP contribution in [0.4, 0.5) is 0 Å². The van der Waals surface area contributed by atoms with Crippen LogP contribution < -0.4 is 0 Å². The Morgan fingerprint density at radius 2 is 2.18 bits per heavy atom. The Balaban J connectivity index is 2.15. The van der Waals surface area contributed by atoms with Crippen LogP contribution in [0.25, 0.3) is 0 Å². The molecule has 0 radical (unpaired) electrons. The summed E-state index contributed by atoms with van der Waals surface area (Å²) in [6.07, 6.45) is 6.35. The predicted molar refractivity (Wildman–Crippen MR) is 47.4 cm³/mol. The fourth-order valence-corrected chi connectivity index (χ4v) is 2.11. The van der Waals surface area contributed by atoms with Crippen molar-refractivity contribution in [2.75, 3.05) is 0 Å². The molecule has 0 aromatic heterocycles. The first-order valence-electron chi connectivity index (χ1n) is 4.88. The first-order chi connectivity index (χ1) is 5.20. The lowest BCUT2D eigenvalue weighted by Gasteiger charge is -2.15. The van der Waals surface area contributed by atoms with Gasteiger partial charge in [-0.2, -0.15) is 0 Å². The molecule has 1 rings (SSSR count). The molecule has 0 aromatic rings. The van der Waals surface area contributed by atoms with E-state index < -0.39 is 0 Å². The molecule has 0 aliphatic heterocycles. The molecule has 1 aliphatic rings. The van der Waals surface area contributed by atoms with Crippen molar-refractivity contribution in [2.24, 2.45) is 11.8 Å². The van der Waals surface area contributed by atoms with E-state index in [1.807, 2.05) is 6.92 Å². The maximum Gasteiger partial charge on any atom is 0.0512 e. The molecular weight excluding hydrogens is 136 g/mol. The molecular formula is C10H20O. The minimum Gasteiger partial charge on any atom is -0.393 e. The van der Waals surface area contributed by atoms with Crippen molar-refractivity contribution in [1.29, 1.82) is 0 Å². The number of hydrogen-bond donors (Lipinski definition) is 1. The Morgan fingerprint density at radius 3 is 2.64 bits per heavy atom. The van der Waals surface area contributed by atoms with Crippen LogP contribution in [0.1, 0.15) is 46.0 Å². The normalized spacial score (nSPS) is 34.1. The standard InChI is InChI=1S/C10H20O/c1-8-4-3-5-10(8)7-6-9(2)11/h8-11H,3-7H2,1-2H3/t8-,9?,10-/m0/s1. The molecule has 0 heterocycles. The molecule has 0 saturated heterocycles. The summed E-state index contributed by atoms with van der Waals surface area (Å²) in [5, 5.41) is 9.10. The molecule has 0 bridgehead atoms. The van der Waals surface area contributed by atoms with Gasteiger partial charge in [0.2, 0.25) is 0 Å². The Hall–Kier alpha value is -0.0400. The van der Waals surface area contributed by atoms with E-state index >= 15 is 0 Å². The van der Waals surface area contributed by atoms with Crippen LogP contribution in [0.2, 0.25) is 0 Å². The Labute approximate surface area is 69.8 Å². The van der Waals surface area contributed by atoms with Crippen molar-refractivity contribution in [3.8, 4) is 0 Å². The molecule has 0 aromatic carbocycles. The molecule has 0 amide bonds. The second-order valence-electron chi connectivity index (χ2n) is 4.09. The average Bonchev–Trinajstić information content (AvgIpc) is 2.31. The predicted octanol–water partition coefficient (Wildman–Crippen LogP) is 2.58. The van der Waals surface area contributed by atoms with Crippen molar-refractivity contribution >= 4 is 0 Å². The zero-order valence-corrected chi connectivity index (χ0v) is 7.71. The Morgan fingerprint density at radius 1 is 1.45 bits per heavy atom. The van der Waals surface area contributed by atoms with E-state index in [4.69, 9.17) is 5.11 Å². The van der Waals surface area contributed by atoms with E-state index in [0.717, 1.165) is 18.3 Å². The third kappa shape index (κ3) is 2.82. The minimum absolute atomic E-state index is 0.0946. The van der Waals surface area contributed by atoms with Gasteiger partial charge in [-0.05, 0) is 31.6 Å². The fraction of sp³-hybridized carbons (Fsp3) is 1.00. The summed E-state index contributed by atoms with van der Waals surface area (Å²) in [4.78, 5) is 0. The van der Waals surface area contributed by atoms with E-state index in [-0.39, 0.29) is 6.10 Å². The summed E-state index contributed by atoms with van der Waals surface area (Å²) in [5.41, 5.74) is 0. The third-order valence-electron chi connectivity index (χ3n) is 2.99. The first-order valence-corrected chi connectivity index (χ1v) is 4.88. The SMILES string of the molecule is CC(O)CC[C@@H]1CCC[C@@H]1C. The largest absolute Gasteiger partial charge is 0.393 e. The summed E-state index contributed by atoms with van der Waals surface area (Å²) >= 11 is 0. The van der Waals surface area contributed by atoms with Crippen LogP contribution in [0.5, 0.6) is 0 Å². The summed E-state index contributed by atoms with van der Waals surface area (Å²) in [6, 6.07) is 0. The molecule has 1 fully saturated rings. The second-order valence-corrected chi connectivity index (χ2v) is 4.09. The van der Waals surface area contributed by atoms with Crippen LogP contribution in [0.15, 0.2) is 0 Å². The average molecular weight is 156 g/mol. The van der Waals surface area contributed by atoms with Gasteiger partial charge in [0.15, 0.2) is 0 Å². The van der Waals surface area contributed by atoms with Gasteiger partial charge >= 0.3 is 0 Å². The molecule has 1 N–H and O–H groups in total. The van der Waals surface area contributed by atoms with Crippen LogP contribution >= 0.6 is 0 Å². The molecule has 3 atom stereocenters. The van der Waals surface area contributed by atoms with Crippen LogP contribution in [-0.4, -0.2) is 11.2 Å². The van der Waals surface area contributed by atoms with E-state index in [0.29, 0.717) is 0 Å². The van der Waals surface area contributed by atoms with E-state index in [1.54, 1.807) is 0 Å². The lowest BCUT2D eigenvalue weighted by molar-refractivity contribution is 0.169. The summed E-state index contributed by atoms with van der Waals surface area (Å²) in [5.74, 6) is 1.82. The van der Waals surface area contributed by atoms with Gasteiger partial charge in [0.1, 0.15) is 0 Å².